The summed E-state index contributed by atoms with van der Waals surface area (Å²) in [7, 11) is 0. The molecule has 18 heavy (non-hydrogen) atoms. The van der Waals surface area contributed by atoms with Crippen LogP contribution in [0.1, 0.15) is 39.0 Å². The van der Waals surface area contributed by atoms with Gasteiger partial charge in [0.2, 0.25) is 5.91 Å². The van der Waals surface area contributed by atoms with Gasteiger partial charge in [0.1, 0.15) is 0 Å². The van der Waals surface area contributed by atoms with E-state index >= 15 is 0 Å². The third-order valence-electron chi connectivity index (χ3n) is 4.44. The number of aliphatic hydroxyl groups excluding tert-OH is 1. The molecular formula is C13H21NO4. The quantitative estimate of drug-likeness (QED) is 0.677. The number of aliphatic hydroxyl groups is 1. The number of rotatable bonds is 5. The maximum Gasteiger partial charge on any atom is 0.307 e. The number of amides is 1. The van der Waals surface area contributed by atoms with Gasteiger partial charge in [-0.15, -0.1) is 0 Å². The lowest BCUT2D eigenvalue weighted by molar-refractivity contribution is -0.146. The Balaban J connectivity index is 2.01. The topological polar surface area (TPSA) is 86.6 Å². The standard InChI is InChI=1S/C13H21NO4/c1-2-8-5-9(10(6-8)12(17)18)11(16)14-13(7-15)3-4-13/h8-10,15H,2-7H2,1H3,(H,14,16)(H,17,18)/t8?,9-,10+/m0/s1. The molecule has 0 radical (unpaired) electrons. The average molecular weight is 255 g/mol. The molecule has 0 aromatic rings. The molecule has 1 amide bonds. The van der Waals surface area contributed by atoms with Crippen LogP contribution in [0.4, 0.5) is 0 Å². The molecule has 0 heterocycles. The number of carbonyl (C=O) groups is 2. The SMILES string of the molecule is CCC1C[C@H](C(=O)NC2(CO)CC2)[C@H](C(=O)O)C1. The smallest absolute Gasteiger partial charge is 0.307 e. The molecular weight excluding hydrogens is 234 g/mol. The van der Waals surface area contributed by atoms with Gasteiger partial charge >= 0.3 is 5.97 Å². The Morgan fingerprint density at radius 2 is 1.89 bits per heavy atom. The first kappa shape index (κ1) is 13.3. The number of aliphatic carboxylic acids is 1. The molecule has 0 saturated heterocycles. The second-order valence-electron chi connectivity index (χ2n) is 5.72. The molecule has 2 saturated carbocycles. The van der Waals surface area contributed by atoms with E-state index in [4.69, 9.17) is 0 Å². The fourth-order valence-electron chi connectivity index (χ4n) is 2.87. The molecule has 5 heteroatoms. The minimum atomic E-state index is -0.875. The van der Waals surface area contributed by atoms with E-state index in [1.807, 2.05) is 6.92 Å². The molecule has 2 aliphatic carbocycles. The minimum absolute atomic E-state index is 0.0552. The molecule has 0 aromatic carbocycles. The summed E-state index contributed by atoms with van der Waals surface area (Å²) >= 11 is 0. The highest BCUT2D eigenvalue weighted by Gasteiger charge is 2.48. The van der Waals surface area contributed by atoms with Crippen molar-refractivity contribution < 1.29 is 19.8 Å². The van der Waals surface area contributed by atoms with E-state index < -0.39 is 23.3 Å². The number of hydrogen-bond donors (Lipinski definition) is 3. The van der Waals surface area contributed by atoms with Crippen molar-refractivity contribution in [1.29, 1.82) is 0 Å². The molecule has 0 aliphatic heterocycles. The number of carboxylic acid groups (broad SMARTS) is 1. The first-order valence-electron chi connectivity index (χ1n) is 6.67. The van der Waals surface area contributed by atoms with Gasteiger partial charge in [0, 0.05) is 0 Å². The predicted octanol–water partition coefficient (Wildman–Crippen LogP) is 0.764. The van der Waals surface area contributed by atoms with Crippen molar-refractivity contribution in [2.75, 3.05) is 6.61 Å². The van der Waals surface area contributed by atoms with Crippen molar-refractivity contribution in [3.05, 3.63) is 0 Å². The van der Waals surface area contributed by atoms with Crippen LogP contribution in [-0.2, 0) is 9.59 Å². The highest BCUT2D eigenvalue weighted by atomic mass is 16.4. The summed E-state index contributed by atoms with van der Waals surface area (Å²) in [6.07, 6.45) is 3.74. The van der Waals surface area contributed by atoms with Gasteiger partial charge in [-0.05, 0) is 31.6 Å². The van der Waals surface area contributed by atoms with Crippen molar-refractivity contribution in [2.45, 2.75) is 44.6 Å². The van der Waals surface area contributed by atoms with E-state index in [9.17, 15) is 19.8 Å². The van der Waals surface area contributed by atoms with Gasteiger partial charge in [-0.1, -0.05) is 13.3 Å². The fourth-order valence-corrected chi connectivity index (χ4v) is 2.87. The van der Waals surface area contributed by atoms with Crippen molar-refractivity contribution in [3.8, 4) is 0 Å². The molecule has 0 aromatic heterocycles. The van der Waals surface area contributed by atoms with Crippen LogP contribution in [0, 0.1) is 17.8 Å². The monoisotopic (exact) mass is 255 g/mol. The van der Waals surface area contributed by atoms with E-state index in [1.54, 1.807) is 0 Å². The van der Waals surface area contributed by atoms with Crippen molar-refractivity contribution in [2.24, 2.45) is 17.8 Å². The van der Waals surface area contributed by atoms with Crippen molar-refractivity contribution in [3.63, 3.8) is 0 Å². The third kappa shape index (κ3) is 2.51. The molecule has 3 N–H and O–H groups in total. The van der Waals surface area contributed by atoms with Gasteiger partial charge in [-0.3, -0.25) is 9.59 Å². The van der Waals surface area contributed by atoms with Gasteiger partial charge in [-0.2, -0.15) is 0 Å². The molecule has 0 bridgehead atoms. The summed E-state index contributed by atoms with van der Waals surface area (Å²) in [6.45, 7) is 1.97. The van der Waals surface area contributed by atoms with Crippen LogP contribution in [0.25, 0.3) is 0 Å². The van der Waals surface area contributed by atoms with Crippen molar-refractivity contribution >= 4 is 11.9 Å². The van der Waals surface area contributed by atoms with Gasteiger partial charge in [0.15, 0.2) is 0 Å². The predicted molar refractivity (Wildman–Crippen MR) is 64.8 cm³/mol. The van der Waals surface area contributed by atoms with Crippen LogP contribution in [-0.4, -0.2) is 34.2 Å². The zero-order valence-electron chi connectivity index (χ0n) is 10.7. The Kier molecular flexibility index (Phi) is 3.61. The summed E-state index contributed by atoms with van der Waals surface area (Å²) in [4.78, 5) is 23.3. The molecule has 2 fully saturated rings. The molecule has 1 unspecified atom stereocenters. The Morgan fingerprint density at radius 3 is 2.33 bits per heavy atom. The van der Waals surface area contributed by atoms with Gasteiger partial charge in [-0.25, -0.2) is 0 Å². The lowest BCUT2D eigenvalue weighted by atomic mass is 9.95. The second kappa shape index (κ2) is 4.88. The Bertz CT molecular complexity index is 351. The van der Waals surface area contributed by atoms with E-state index in [0.29, 0.717) is 18.8 Å². The Morgan fingerprint density at radius 1 is 1.28 bits per heavy atom. The lowest BCUT2D eigenvalue weighted by Gasteiger charge is -2.20. The summed E-state index contributed by atoms with van der Waals surface area (Å²) in [5, 5.41) is 21.2. The molecule has 2 rings (SSSR count). The summed E-state index contributed by atoms with van der Waals surface area (Å²) < 4.78 is 0. The zero-order chi connectivity index (χ0) is 13.3. The first-order chi connectivity index (χ1) is 8.51. The highest BCUT2D eigenvalue weighted by molar-refractivity contribution is 5.86. The zero-order valence-corrected chi connectivity index (χ0v) is 10.7. The molecule has 3 atom stereocenters. The van der Waals surface area contributed by atoms with Crippen molar-refractivity contribution in [1.82, 2.24) is 5.32 Å². The van der Waals surface area contributed by atoms with Crippen LogP contribution < -0.4 is 5.32 Å². The Hall–Kier alpha value is -1.10. The van der Waals surface area contributed by atoms with Gasteiger partial charge < -0.3 is 15.5 Å². The summed E-state index contributed by atoms with van der Waals surface area (Å²) in [6, 6.07) is 0. The number of carbonyl (C=O) groups excluding carboxylic acids is 1. The number of carboxylic acids is 1. The largest absolute Gasteiger partial charge is 0.481 e. The van der Waals surface area contributed by atoms with E-state index in [-0.39, 0.29) is 12.5 Å². The Labute approximate surface area is 107 Å². The first-order valence-corrected chi connectivity index (χ1v) is 6.67. The molecule has 0 spiro atoms. The third-order valence-corrected chi connectivity index (χ3v) is 4.44. The second-order valence-corrected chi connectivity index (χ2v) is 5.72. The molecule has 2 aliphatic rings. The fraction of sp³-hybridized carbons (Fsp3) is 0.846. The van der Waals surface area contributed by atoms with Crippen LogP contribution in [0.5, 0.6) is 0 Å². The number of hydrogen-bond acceptors (Lipinski definition) is 3. The highest BCUT2D eigenvalue weighted by Crippen LogP contribution is 2.40. The van der Waals surface area contributed by atoms with Crippen LogP contribution in [0.15, 0.2) is 0 Å². The molecule has 5 nitrogen and oxygen atoms in total. The maximum atomic E-state index is 12.2. The van der Waals surface area contributed by atoms with Crippen LogP contribution in [0.2, 0.25) is 0 Å². The minimum Gasteiger partial charge on any atom is -0.481 e. The maximum absolute atomic E-state index is 12.2. The summed E-state index contributed by atoms with van der Waals surface area (Å²) in [5.74, 6) is -1.74. The molecule has 102 valence electrons. The summed E-state index contributed by atoms with van der Waals surface area (Å²) in [5.41, 5.74) is -0.454. The van der Waals surface area contributed by atoms with Gasteiger partial charge in [0.05, 0.1) is 24.0 Å². The van der Waals surface area contributed by atoms with Crippen LogP contribution >= 0.6 is 0 Å². The number of nitrogens with one attached hydrogen (secondary N) is 1. The van der Waals surface area contributed by atoms with E-state index in [2.05, 4.69) is 5.32 Å². The van der Waals surface area contributed by atoms with Crippen LogP contribution in [0.3, 0.4) is 0 Å². The average Bonchev–Trinajstić information content (AvgIpc) is 2.97. The lowest BCUT2D eigenvalue weighted by Crippen LogP contribution is -2.44. The van der Waals surface area contributed by atoms with E-state index in [1.165, 1.54) is 0 Å². The van der Waals surface area contributed by atoms with Gasteiger partial charge in [0.25, 0.3) is 0 Å². The van der Waals surface area contributed by atoms with E-state index in [0.717, 1.165) is 19.3 Å². The normalized spacial score (nSPS) is 33.1.